The van der Waals surface area contributed by atoms with E-state index in [1.165, 1.54) is 5.56 Å². The number of phenolic OH excluding ortho intramolecular Hbond substituents is 1. The lowest BCUT2D eigenvalue weighted by atomic mass is 10.1. The summed E-state index contributed by atoms with van der Waals surface area (Å²) < 4.78 is 0. The highest BCUT2D eigenvalue weighted by molar-refractivity contribution is 6.30. The fraction of sp³-hybridized carbons (Fsp3) is 0.200. The van der Waals surface area contributed by atoms with Crippen LogP contribution in [-0.4, -0.2) is 5.11 Å². The number of anilines is 1. The average molecular weight is 262 g/mol. The van der Waals surface area contributed by atoms with Crippen molar-refractivity contribution in [2.24, 2.45) is 0 Å². The second-order valence-electron chi connectivity index (χ2n) is 4.43. The molecule has 0 unspecified atom stereocenters. The fourth-order valence-corrected chi connectivity index (χ4v) is 2.00. The fourth-order valence-electron chi connectivity index (χ4n) is 1.77. The van der Waals surface area contributed by atoms with Gasteiger partial charge in [-0.2, -0.15) is 0 Å². The van der Waals surface area contributed by atoms with Crippen LogP contribution in [0.3, 0.4) is 0 Å². The third-order valence-electron chi connectivity index (χ3n) is 3.00. The van der Waals surface area contributed by atoms with Gasteiger partial charge in [0.1, 0.15) is 5.75 Å². The molecule has 2 rings (SSSR count). The van der Waals surface area contributed by atoms with Crippen LogP contribution in [0.5, 0.6) is 5.75 Å². The third-order valence-corrected chi connectivity index (χ3v) is 3.23. The maximum Gasteiger partial charge on any atom is 0.120 e. The Labute approximate surface area is 112 Å². The number of rotatable bonds is 3. The van der Waals surface area contributed by atoms with Crippen LogP contribution >= 0.6 is 11.6 Å². The van der Waals surface area contributed by atoms with E-state index in [1.807, 2.05) is 44.2 Å². The first-order valence-electron chi connectivity index (χ1n) is 5.85. The van der Waals surface area contributed by atoms with Crippen LogP contribution in [0.1, 0.15) is 16.7 Å². The maximum absolute atomic E-state index is 9.63. The average Bonchev–Trinajstić information content (AvgIpc) is 2.32. The molecule has 0 bridgehead atoms. The van der Waals surface area contributed by atoms with Gasteiger partial charge in [-0.15, -0.1) is 0 Å². The highest BCUT2D eigenvalue weighted by Crippen LogP contribution is 2.22. The number of phenols is 1. The van der Waals surface area contributed by atoms with Crippen molar-refractivity contribution in [2.45, 2.75) is 20.4 Å². The highest BCUT2D eigenvalue weighted by Gasteiger charge is 2.01. The maximum atomic E-state index is 9.63. The summed E-state index contributed by atoms with van der Waals surface area (Å²) in [7, 11) is 0. The number of nitrogens with one attached hydrogen (secondary N) is 1. The van der Waals surface area contributed by atoms with Gasteiger partial charge in [0.25, 0.3) is 0 Å². The van der Waals surface area contributed by atoms with Crippen LogP contribution in [-0.2, 0) is 6.54 Å². The lowest BCUT2D eigenvalue weighted by Crippen LogP contribution is -2.01. The molecule has 94 valence electrons. The van der Waals surface area contributed by atoms with Gasteiger partial charge in [0, 0.05) is 23.3 Å². The molecule has 0 saturated carbocycles. The third kappa shape index (κ3) is 2.96. The summed E-state index contributed by atoms with van der Waals surface area (Å²) in [5.74, 6) is 0.313. The molecule has 0 saturated heterocycles. The molecule has 0 heterocycles. The summed E-state index contributed by atoms with van der Waals surface area (Å²) in [6.07, 6.45) is 0. The molecule has 0 aliphatic carbocycles. The Morgan fingerprint density at radius 3 is 2.50 bits per heavy atom. The van der Waals surface area contributed by atoms with E-state index in [4.69, 9.17) is 11.6 Å². The minimum Gasteiger partial charge on any atom is -0.508 e. The molecule has 0 spiro atoms. The monoisotopic (exact) mass is 261 g/mol. The van der Waals surface area contributed by atoms with Crippen LogP contribution in [0.2, 0.25) is 5.02 Å². The van der Waals surface area contributed by atoms with E-state index in [1.54, 1.807) is 6.07 Å². The minimum absolute atomic E-state index is 0.313. The quantitative estimate of drug-likeness (QED) is 0.865. The molecule has 2 N–H and O–H groups in total. The largest absolute Gasteiger partial charge is 0.508 e. The van der Waals surface area contributed by atoms with Crippen molar-refractivity contribution in [1.29, 1.82) is 0 Å². The van der Waals surface area contributed by atoms with E-state index < -0.39 is 0 Å². The standard InChI is InChI=1S/C15H16ClNO/c1-10-3-6-14(8-15(10)18)17-9-12-4-5-13(16)7-11(12)2/h3-8,17-18H,9H2,1-2H3. The summed E-state index contributed by atoms with van der Waals surface area (Å²) in [5.41, 5.74) is 4.14. The Kier molecular flexibility index (Phi) is 3.78. The van der Waals surface area contributed by atoms with Gasteiger partial charge in [-0.1, -0.05) is 23.7 Å². The zero-order chi connectivity index (χ0) is 13.1. The Balaban J connectivity index is 2.09. The molecule has 0 aliphatic rings. The molecule has 0 amide bonds. The zero-order valence-electron chi connectivity index (χ0n) is 10.5. The normalized spacial score (nSPS) is 10.4. The molecule has 0 aliphatic heterocycles. The van der Waals surface area contributed by atoms with E-state index in [0.29, 0.717) is 12.3 Å². The van der Waals surface area contributed by atoms with Gasteiger partial charge in [-0.25, -0.2) is 0 Å². The molecule has 2 nitrogen and oxygen atoms in total. The van der Waals surface area contributed by atoms with Crippen molar-refractivity contribution >= 4 is 17.3 Å². The van der Waals surface area contributed by atoms with Crippen molar-refractivity contribution in [3.63, 3.8) is 0 Å². The van der Waals surface area contributed by atoms with E-state index >= 15 is 0 Å². The number of hydrogen-bond acceptors (Lipinski definition) is 2. The van der Waals surface area contributed by atoms with E-state index in [0.717, 1.165) is 21.8 Å². The van der Waals surface area contributed by atoms with Crippen LogP contribution in [0.4, 0.5) is 5.69 Å². The summed E-state index contributed by atoms with van der Waals surface area (Å²) in [4.78, 5) is 0. The molecule has 2 aromatic rings. The Bertz CT molecular complexity index is 566. The van der Waals surface area contributed by atoms with E-state index in [9.17, 15) is 5.11 Å². The summed E-state index contributed by atoms with van der Waals surface area (Å²) in [5, 5.41) is 13.7. The summed E-state index contributed by atoms with van der Waals surface area (Å²) in [6, 6.07) is 11.4. The number of aryl methyl sites for hydroxylation is 2. The number of benzene rings is 2. The lowest BCUT2D eigenvalue weighted by Gasteiger charge is -2.10. The summed E-state index contributed by atoms with van der Waals surface area (Å²) >= 11 is 5.92. The molecule has 18 heavy (non-hydrogen) atoms. The molecule has 0 fully saturated rings. The lowest BCUT2D eigenvalue weighted by molar-refractivity contribution is 0.471. The zero-order valence-corrected chi connectivity index (χ0v) is 11.3. The molecule has 3 heteroatoms. The van der Waals surface area contributed by atoms with Crippen LogP contribution in [0.25, 0.3) is 0 Å². The van der Waals surface area contributed by atoms with Gasteiger partial charge < -0.3 is 10.4 Å². The molecule has 0 aromatic heterocycles. The van der Waals surface area contributed by atoms with Crippen molar-refractivity contribution in [2.75, 3.05) is 5.32 Å². The molecule has 2 aromatic carbocycles. The van der Waals surface area contributed by atoms with Gasteiger partial charge in [0.2, 0.25) is 0 Å². The second kappa shape index (κ2) is 5.32. The predicted octanol–water partition coefficient (Wildman–Crippen LogP) is 4.27. The van der Waals surface area contributed by atoms with Crippen molar-refractivity contribution in [3.05, 3.63) is 58.1 Å². The van der Waals surface area contributed by atoms with Crippen molar-refractivity contribution in [3.8, 4) is 5.75 Å². The molecular formula is C15H16ClNO. The first kappa shape index (κ1) is 12.8. The Hall–Kier alpha value is -1.67. The van der Waals surface area contributed by atoms with Gasteiger partial charge in [0.05, 0.1) is 0 Å². The number of halogens is 1. The first-order chi connectivity index (χ1) is 8.56. The highest BCUT2D eigenvalue weighted by atomic mass is 35.5. The van der Waals surface area contributed by atoms with Crippen molar-refractivity contribution in [1.82, 2.24) is 0 Å². The van der Waals surface area contributed by atoms with Gasteiger partial charge in [-0.3, -0.25) is 0 Å². The Morgan fingerprint density at radius 2 is 1.83 bits per heavy atom. The topological polar surface area (TPSA) is 32.3 Å². The SMILES string of the molecule is Cc1ccc(NCc2ccc(Cl)cc2C)cc1O. The summed E-state index contributed by atoms with van der Waals surface area (Å²) in [6.45, 7) is 4.63. The van der Waals surface area contributed by atoms with Crippen LogP contribution in [0.15, 0.2) is 36.4 Å². The van der Waals surface area contributed by atoms with Crippen LogP contribution in [0, 0.1) is 13.8 Å². The minimum atomic E-state index is 0.313. The first-order valence-corrected chi connectivity index (χ1v) is 6.22. The molecular weight excluding hydrogens is 246 g/mol. The molecule has 0 atom stereocenters. The van der Waals surface area contributed by atoms with Crippen LogP contribution < -0.4 is 5.32 Å². The van der Waals surface area contributed by atoms with Gasteiger partial charge in [-0.05, 0) is 48.7 Å². The number of hydrogen-bond donors (Lipinski definition) is 2. The van der Waals surface area contributed by atoms with E-state index in [-0.39, 0.29) is 0 Å². The molecule has 0 radical (unpaired) electrons. The smallest absolute Gasteiger partial charge is 0.120 e. The second-order valence-corrected chi connectivity index (χ2v) is 4.86. The van der Waals surface area contributed by atoms with Gasteiger partial charge >= 0.3 is 0 Å². The van der Waals surface area contributed by atoms with Gasteiger partial charge in [0.15, 0.2) is 0 Å². The van der Waals surface area contributed by atoms with E-state index in [2.05, 4.69) is 5.32 Å². The predicted molar refractivity (Wildman–Crippen MR) is 76.4 cm³/mol. The van der Waals surface area contributed by atoms with Crippen molar-refractivity contribution < 1.29 is 5.11 Å². The Morgan fingerprint density at radius 1 is 1.06 bits per heavy atom. The number of aromatic hydroxyl groups is 1.